The minimum absolute atomic E-state index is 0.00383. The molecule has 0 spiro atoms. The molecule has 0 radical (unpaired) electrons. The van der Waals surface area contributed by atoms with Crippen LogP contribution in [-0.2, 0) is 0 Å². The average molecular weight is 288 g/mol. The quantitative estimate of drug-likeness (QED) is 0.739. The van der Waals surface area contributed by atoms with Crippen molar-refractivity contribution in [1.29, 1.82) is 0 Å². The zero-order chi connectivity index (χ0) is 14.2. The number of anilines is 4. The normalized spacial score (nSPS) is 10.5. The Kier molecular flexibility index (Phi) is 3.44. The van der Waals surface area contributed by atoms with E-state index in [0.29, 0.717) is 0 Å². The molecule has 3 nitrogen and oxygen atoms in total. The van der Waals surface area contributed by atoms with Crippen molar-refractivity contribution in [2.24, 2.45) is 0 Å². The van der Waals surface area contributed by atoms with Crippen molar-refractivity contribution in [3.05, 3.63) is 46.7 Å². The zero-order valence-electron chi connectivity index (χ0n) is 9.48. The summed E-state index contributed by atoms with van der Waals surface area (Å²) in [5.41, 5.74) is 11.0. The molecule has 0 aliphatic carbocycles. The average Bonchev–Trinajstić information content (AvgIpc) is 2.36. The van der Waals surface area contributed by atoms with Crippen LogP contribution in [0.3, 0.4) is 0 Å². The lowest BCUT2D eigenvalue weighted by Crippen LogP contribution is -2.03. The van der Waals surface area contributed by atoms with E-state index in [0.717, 1.165) is 12.1 Å². The fourth-order valence-electron chi connectivity index (χ4n) is 1.51. The van der Waals surface area contributed by atoms with Crippen LogP contribution in [-0.4, -0.2) is 0 Å². The van der Waals surface area contributed by atoms with Crippen LogP contribution in [0.2, 0.25) is 5.02 Å². The number of benzene rings is 2. The Morgan fingerprint density at radius 2 is 1.63 bits per heavy atom. The predicted octanol–water partition coefficient (Wildman–Crippen LogP) is 3.67. The minimum Gasteiger partial charge on any atom is -0.397 e. The van der Waals surface area contributed by atoms with Crippen molar-refractivity contribution >= 4 is 34.4 Å². The van der Waals surface area contributed by atoms with Gasteiger partial charge >= 0.3 is 0 Å². The van der Waals surface area contributed by atoms with Crippen molar-refractivity contribution in [3.63, 3.8) is 0 Å². The van der Waals surface area contributed by atoms with Gasteiger partial charge in [-0.2, -0.15) is 0 Å². The zero-order valence-corrected chi connectivity index (χ0v) is 10.2. The smallest absolute Gasteiger partial charge is 0.169 e. The number of hydrogen-bond acceptors (Lipinski definition) is 3. The number of rotatable bonds is 2. The second-order valence-electron chi connectivity index (χ2n) is 3.81. The Morgan fingerprint density at radius 1 is 0.947 bits per heavy atom. The Hall–Kier alpha value is -2.08. The van der Waals surface area contributed by atoms with Crippen molar-refractivity contribution < 1.29 is 13.2 Å². The Balaban J connectivity index is 2.43. The summed E-state index contributed by atoms with van der Waals surface area (Å²) in [6, 6.07) is 4.29. The molecule has 0 aliphatic rings. The standard InChI is InChI=1S/C12H9ClF3N3/c13-10-8(17)4-9(18)12(11(10)16)19-5-1-2-6(14)7(15)3-5/h1-4,19H,17-18H2. The summed E-state index contributed by atoms with van der Waals surface area (Å²) in [4.78, 5) is 0. The molecule has 0 saturated heterocycles. The highest BCUT2D eigenvalue weighted by molar-refractivity contribution is 6.33. The van der Waals surface area contributed by atoms with Gasteiger partial charge in [-0.05, 0) is 18.2 Å². The first-order chi connectivity index (χ1) is 8.90. The molecule has 2 aromatic rings. The summed E-state index contributed by atoms with van der Waals surface area (Å²) in [6.45, 7) is 0. The van der Waals surface area contributed by atoms with Crippen molar-refractivity contribution in [2.75, 3.05) is 16.8 Å². The summed E-state index contributed by atoms with van der Waals surface area (Å²) in [5.74, 6) is -2.93. The second-order valence-corrected chi connectivity index (χ2v) is 4.19. The van der Waals surface area contributed by atoms with E-state index in [1.54, 1.807) is 0 Å². The van der Waals surface area contributed by atoms with Gasteiger partial charge in [0.2, 0.25) is 0 Å². The largest absolute Gasteiger partial charge is 0.397 e. The number of nitrogens with one attached hydrogen (secondary N) is 1. The van der Waals surface area contributed by atoms with Gasteiger partial charge < -0.3 is 16.8 Å². The third-order valence-corrected chi connectivity index (χ3v) is 2.84. The van der Waals surface area contributed by atoms with Crippen LogP contribution in [0.5, 0.6) is 0 Å². The van der Waals surface area contributed by atoms with Crippen LogP contribution in [0.15, 0.2) is 24.3 Å². The molecule has 19 heavy (non-hydrogen) atoms. The summed E-state index contributed by atoms with van der Waals surface area (Å²) in [7, 11) is 0. The number of halogens is 4. The van der Waals surface area contributed by atoms with Gasteiger partial charge in [-0.15, -0.1) is 0 Å². The summed E-state index contributed by atoms with van der Waals surface area (Å²) in [6.07, 6.45) is 0. The lowest BCUT2D eigenvalue weighted by Gasteiger charge is -2.13. The van der Waals surface area contributed by atoms with Crippen molar-refractivity contribution in [2.45, 2.75) is 0 Å². The monoisotopic (exact) mass is 287 g/mol. The highest BCUT2D eigenvalue weighted by atomic mass is 35.5. The fraction of sp³-hybridized carbons (Fsp3) is 0. The Labute approximate surface area is 112 Å². The third-order valence-electron chi connectivity index (χ3n) is 2.45. The van der Waals surface area contributed by atoms with Crippen molar-refractivity contribution in [3.8, 4) is 0 Å². The van der Waals surface area contributed by atoms with E-state index in [1.807, 2.05) is 0 Å². The maximum Gasteiger partial charge on any atom is 0.169 e. The third kappa shape index (κ3) is 2.53. The predicted molar refractivity (Wildman–Crippen MR) is 69.9 cm³/mol. The van der Waals surface area contributed by atoms with Gasteiger partial charge in [0.05, 0.1) is 17.1 Å². The summed E-state index contributed by atoms with van der Waals surface area (Å²) in [5, 5.41) is 2.24. The molecular weight excluding hydrogens is 279 g/mol. The molecule has 0 amide bonds. The van der Waals surface area contributed by atoms with Crippen LogP contribution in [0.4, 0.5) is 35.9 Å². The summed E-state index contributed by atoms with van der Waals surface area (Å²) >= 11 is 5.65. The van der Waals surface area contributed by atoms with Crippen LogP contribution in [0.1, 0.15) is 0 Å². The lowest BCUT2D eigenvalue weighted by atomic mass is 10.2. The number of nitrogens with two attached hydrogens (primary N) is 2. The van der Waals surface area contributed by atoms with Gasteiger partial charge in [0.25, 0.3) is 0 Å². The van der Waals surface area contributed by atoms with E-state index in [1.165, 1.54) is 12.1 Å². The van der Waals surface area contributed by atoms with Gasteiger partial charge in [-0.25, -0.2) is 13.2 Å². The molecule has 0 heterocycles. The highest BCUT2D eigenvalue weighted by Crippen LogP contribution is 2.35. The van der Waals surface area contributed by atoms with Crippen LogP contribution >= 0.6 is 11.6 Å². The first-order valence-corrected chi connectivity index (χ1v) is 5.53. The maximum absolute atomic E-state index is 13.9. The Morgan fingerprint density at radius 3 is 2.26 bits per heavy atom. The van der Waals surface area contributed by atoms with E-state index in [2.05, 4.69) is 5.32 Å². The molecule has 0 bridgehead atoms. The molecule has 0 saturated carbocycles. The number of hydrogen-bond donors (Lipinski definition) is 3. The van der Waals surface area contributed by atoms with E-state index in [-0.39, 0.29) is 27.8 Å². The van der Waals surface area contributed by atoms with Crippen LogP contribution in [0, 0.1) is 17.5 Å². The van der Waals surface area contributed by atoms with Gasteiger partial charge in [-0.1, -0.05) is 11.6 Å². The van der Waals surface area contributed by atoms with Gasteiger partial charge in [-0.3, -0.25) is 0 Å². The van der Waals surface area contributed by atoms with E-state index in [9.17, 15) is 13.2 Å². The van der Waals surface area contributed by atoms with Gasteiger partial charge in [0, 0.05) is 11.8 Å². The molecular formula is C12H9ClF3N3. The van der Waals surface area contributed by atoms with E-state index < -0.39 is 17.5 Å². The molecule has 0 aromatic heterocycles. The topological polar surface area (TPSA) is 64.1 Å². The second kappa shape index (κ2) is 4.89. The minimum atomic E-state index is -1.06. The molecule has 0 fully saturated rings. The highest BCUT2D eigenvalue weighted by Gasteiger charge is 2.15. The fourth-order valence-corrected chi connectivity index (χ4v) is 1.66. The molecule has 2 aromatic carbocycles. The van der Waals surface area contributed by atoms with Crippen molar-refractivity contribution in [1.82, 2.24) is 0 Å². The number of nitrogen functional groups attached to an aromatic ring is 2. The molecule has 2 rings (SSSR count). The molecule has 0 aliphatic heterocycles. The van der Waals surface area contributed by atoms with E-state index >= 15 is 0 Å². The van der Waals surface area contributed by atoms with E-state index in [4.69, 9.17) is 23.1 Å². The first kappa shape index (κ1) is 13.4. The Bertz CT molecular complexity index is 647. The molecule has 5 N–H and O–H groups in total. The van der Waals surface area contributed by atoms with Gasteiger partial charge in [0.15, 0.2) is 17.5 Å². The maximum atomic E-state index is 13.9. The van der Waals surface area contributed by atoms with Gasteiger partial charge in [0.1, 0.15) is 5.02 Å². The molecule has 0 unspecified atom stereocenters. The van der Waals surface area contributed by atoms with Crippen LogP contribution < -0.4 is 16.8 Å². The molecule has 100 valence electrons. The molecule has 0 atom stereocenters. The lowest BCUT2D eigenvalue weighted by molar-refractivity contribution is 0.509. The SMILES string of the molecule is Nc1cc(N)c(Nc2ccc(F)c(F)c2)c(F)c1Cl. The summed E-state index contributed by atoms with van der Waals surface area (Å²) < 4.78 is 39.7. The molecule has 7 heteroatoms. The first-order valence-electron chi connectivity index (χ1n) is 5.15. The van der Waals surface area contributed by atoms with Crippen LogP contribution in [0.25, 0.3) is 0 Å².